The molecule has 0 aromatic carbocycles. The van der Waals surface area contributed by atoms with Crippen molar-refractivity contribution in [3.8, 4) is 0 Å². The van der Waals surface area contributed by atoms with Gasteiger partial charge in [0.15, 0.2) is 6.29 Å². The zero-order valence-corrected chi connectivity index (χ0v) is 9.47. The van der Waals surface area contributed by atoms with E-state index in [2.05, 4.69) is 18.9 Å². The highest BCUT2D eigenvalue weighted by molar-refractivity contribution is 5.61. The summed E-state index contributed by atoms with van der Waals surface area (Å²) in [5, 5.41) is 13.9. The van der Waals surface area contributed by atoms with Crippen LogP contribution in [0.4, 0.5) is 0 Å². The zero-order valence-electron chi connectivity index (χ0n) is 9.47. The standard InChI is InChI=1S/C11H18N2O2/c1-4-9(2)13-6-5-10(12-13)7-11(3,15)8-14/h5-6,8-9,15H,4,7H2,1-3H3. The molecule has 0 amide bonds. The molecular weight excluding hydrogens is 192 g/mol. The number of carbonyl (C=O) groups excluding carboxylic acids is 1. The molecule has 0 saturated carbocycles. The molecule has 84 valence electrons. The summed E-state index contributed by atoms with van der Waals surface area (Å²) in [6.45, 7) is 5.66. The number of nitrogens with zero attached hydrogens (tertiary/aromatic N) is 2. The van der Waals surface area contributed by atoms with Gasteiger partial charge < -0.3 is 9.90 Å². The lowest BCUT2D eigenvalue weighted by molar-refractivity contribution is -0.122. The van der Waals surface area contributed by atoms with Crippen LogP contribution in [0.5, 0.6) is 0 Å². The molecule has 4 nitrogen and oxygen atoms in total. The van der Waals surface area contributed by atoms with Crippen molar-refractivity contribution in [2.24, 2.45) is 0 Å². The molecule has 1 heterocycles. The second-order valence-electron chi connectivity index (χ2n) is 4.20. The van der Waals surface area contributed by atoms with Gasteiger partial charge in [0.05, 0.1) is 5.69 Å². The van der Waals surface area contributed by atoms with Crippen LogP contribution in [0.3, 0.4) is 0 Å². The molecule has 1 rings (SSSR count). The van der Waals surface area contributed by atoms with E-state index in [1.54, 1.807) is 0 Å². The summed E-state index contributed by atoms with van der Waals surface area (Å²) in [7, 11) is 0. The van der Waals surface area contributed by atoms with Crippen molar-refractivity contribution in [2.45, 2.75) is 45.3 Å². The fourth-order valence-corrected chi connectivity index (χ4v) is 1.31. The highest BCUT2D eigenvalue weighted by Crippen LogP contribution is 2.13. The van der Waals surface area contributed by atoms with Crippen LogP contribution >= 0.6 is 0 Å². The molecule has 1 N–H and O–H groups in total. The second-order valence-corrected chi connectivity index (χ2v) is 4.20. The van der Waals surface area contributed by atoms with Crippen LogP contribution in [-0.4, -0.2) is 26.8 Å². The van der Waals surface area contributed by atoms with Gasteiger partial charge in [0.2, 0.25) is 0 Å². The smallest absolute Gasteiger partial charge is 0.151 e. The maximum absolute atomic E-state index is 10.5. The molecule has 0 aliphatic carbocycles. The Bertz CT molecular complexity index is 331. The minimum atomic E-state index is -1.31. The molecule has 4 heteroatoms. The Morgan fingerprint density at radius 2 is 2.40 bits per heavy atom. The van der Waals surface area contributed by atoms with Gasteiger partial charge >= 0.3 is 0 Å². The Labute approximate surface area is 89.9 Å². The number of hydrogen-bond acceptors (Lipinski definition) is 3. The molecule has 0 saturated heterocycles. The van der Waals surface area contributed by atoms with Gasteiger partial charge in [-0.1, -0.05) is 6.92 Å². The van der Waals surface area contributed by atoms with Gasteiger partial charge in [0, 0.05) is 18.7 Å². The second kappa shape index (κ2) is 4.57. The minimum Gasteiger partial charge on any atom is -0.382 e. The fraction of sp³-hybridized carbons (Fsp3) is 0.636. The van der Waals surface area contributed by atoms with Gasteiger partial charge in [0.1, 0.15) is 5.60 Å². The molecule has 15 heavy (non-hydrogen) atoms. The van der Waals surface area contributed by atoms with Crippen molar-refractivity contribution >= 4 is 6.29 Å². The van der Waals surface area contributed by atoms with Crippen LogP contribution < -0.4 is 0 Å². The van der Waals surface area contributed by atoms with Gasteiger partial charge in [-0.2, -0.15) is 5.10 Å². The topological polar surface area (TPSA) is 55.1 Å². The highest BCUT2D eigenvalue weighted by atomic mass is 16.3. The monoisotopic (exact) mass is 210 g/mol. The number of aromatic nitrogens is 2. The first kappa shape index (κ1) is 11.9. The third-order valence-corrected chi connectivity index (χ3v) is 2.50. The Kier molecular flexibility index (Phi) is 3.63. The summed E-state index contributed by atoms with van der Waals surface area (Å²) in [6, 6.07) is 2.18. The van der Waals surface area contributed by atoms with Crippen molar-refractivity contribution < 1.29 is 9.90 Å². The average molecular weight is 210 g/mol. The number of rotatable bonds is 5. The Hall–Kier alpha value is -1.16. The van der Waals surface area contributed by atoms with Crippen molar-refractivity contribution in [1.82, 2.24) is 9.78 Å². The third-order valence-electron chi connectivity index (χ3n) is 2.50. The molecule has 0 fully saturated rings. The molecule has 0 bridgehead atoms. The lowest BCUT2D eigenvalue weighted by Crippen LogP contribution is -2.29. The molecule has 0 aliphatic rings. The van der Waals surface area contributed by atoms with Crippen LogP contribution in [0.25, 0.3) is 0 Å². The summed E-state index contributed by atoms with van der Waals surface area (Å²) in [4.78, 5) is 10.5. The number of aliphatic hydroxyl groups is 1. The first-order chi connectivity index (χ1) is 6.98. The summed E-state index contributed by atoms with van der Waals surface area (Å²) in [5.74, 6) is 0. The quantitative estimate of drug-likeness (QED) is 0.746. The van der Waals surface area contributed by atoms with Crippen molar-refractivity contribution in [2.75, 3.05) is 0 Å². The fourth-order valence-electron chi connectivity index (χ4n) is 1.31. The van der Waals surface area contributed by atoms with Crippen LogP contribution in [0.1, 0.15) is 38.9 Å². The summed E-state index contributed by atoms with van der Waals surface area (Å²) in [5.41, 5.74) is -0.568. The van der Waals surface area contributed by atoms with E-state index < -0.39 is 5.60 Å². The van der Waals surface area contributed by atoms with Crippen molar-refractivity contribution in [1.29, 1.82) is 0 Å². The molecule has 0 radical (unpaired) electrons. The van der Waals surface area contributed by atoms with Gasteiger partial charge in [-0.05, 0) is 26.3 Å². The summed E-state index contributed by atoms with van der Waals surface area (Å²) >= 11 is 0. The third kappa shape index (κ3) is 3.16. The van der Waals surface area contributed by atoms with E-state index in [9.17, 15) is 9.90 Å². The van der Waals surface area contributed by atoms with Gasteiger partial charge in [-0.3, -0.25) is 4.68 Å². The molecule has 0 spiro atoms. The van der Waals surface area contributed by atoms with Gasteiger partial charge in [-0.15, -0.1) is 0 Å². The molecule has 1 aromatic heterocycles. The zero-order chi connectivity index (χ0) is 11.5. The van der Waals surface area contributed by atoms with Crippen LogP contribution in [0.15, 0.2) is 12.3 Å². The predicted molar refractivity (Wildman–Crippen MR) is 57.6 cm³/mol. The largest absolute Gasteiger partial charge is 0.382 e. The minimum absolute atomic E-state index is 0.264. The molecule has 2 unspecified atom stereocenters. The first-order valence-electron chi connectivity index (χ1n) is 5.21. The van der Waals surface area contributed by atoms with Crippen LogP contribution in [0, 0.1) is 0 Å². The van der Waals surface area contributed by atoms with Gasteiger partial charge in [-0.25, -0.2) is 0 Å². The number of hydrogen-bond donors (Lipinski definition) is 1. The van der Waals surface area contributed by atoms with Gasteiger partial charge in [0.25, 0.3) is 0 Å². The number of aldehydes is 1. The molecule has 1 aromatic rings. The highest BCUT2D eigenvalue weighted by Gasteiger charge is 2.21. The Morgan fingerprint density at radius 3 is 2.93 bits per heavy atom. The van der Waals surface area contributed by atoms with E-state index in [1.807, 2.05) is 16.9 Å². The van der Waals surface area contributed by atoms with E-state index in [0.29, 0.717) is 12.3 Å². The SMILES string of the molecule is CCC(C)n1ccc(CC(C)(O)C=O)n1. The molecule has 0 aliphatic heterocycles. The van der Waals surface area contributed by atoms with E-state index in [4.69, 9.17) is 0 Å². The normalized spacial score (nSPS) is 17.1. The van der Waals surface area contributed by atoms with E-state index in [1.165, 1.54) is 6.92 Å². The summed E-state index contributed by atoms with van der Waals surface area (Å²) in [6.07, 6.45) is 3.70. The van der Waals surface area contributed by atoms with E-state index in [-0.39, 0.29) is 6.42 Å². The lowest BCUT2D eigenvalue weighted by atomic mass is 10.0. The van der Waals surface area contributed by atoms with E-state index in [0.717, 1.165) is 12.1 Å². The molecular formula is C11H18N2O2. The predicted octanol–water partition coefficient (Wildman–Crippen LogP) is 1.35. The molecule has 2 atom stereocenters. The maximum atomic E-state index is 10.5. The average Bonchev–Trinajstić information content (AvgIpc) is 2.64. The van der Waals surface area contributed by atoms with E-state index >= 15 is 0 Å². The van der Waals surface area contributed by atoms with Crippen LogP contribution in [0.2, 0.25) is 0 Å². The van der Waals surface area contributed by atoms with Crippen molar-refractivity contribution in [3.05, 3.63) is 18.0 Å². The van der Waals surface area contributed by atoms with Crippen molar-refractivity contribution in [3.63, 3.8) is 0 Å². The Morgan fingerprint density at radius 1 is 1.73 bits per heavy atom. The maximum Gasteiger partial charge on any atom is 0.151 e. The van der Waals surface area contributed by atoms with Crippen LogP contribution in [-0.2, 0) is 11.2 Å². The lowest BCUT2D eigenvalue weighted by Gasteiger charge is -2.13. The summed E-state index contributed by atoms with van der Waals surface area (Å²) < 4.78 is 1.86. The number of carbonyl (C=O) groups is 1. The first-order valence-corrected chi connectivity index (χ1v) is 5.21. The Balaban J connectivity index is 2.72.